The maximum absolute atomic E-state index is 14.0. The lowest BCUT2D eigenvalue weighted by Gasteiger charge is -2.25. The number of primary amides is 1. The first-order chi connectivity index (χ1) is 14.1. The number of benzene rings is 2. The van der Waals surface area contributed by atoms with Crippen LogP contribution < -0.4 is 15.8 Å². The van der Waals surface area contributed by atoms with Crippen molar-refractivity contribution in [1.29, 1.82) is 0 Å². The molecule has 2 aromatic carbocycles. The summed E-state index contributed by atoms with van der Waals surface area (Å²) in [6.07, 6.45) is 7.60. The summed E-state index contributed by atoms with van der Waals surface area (Å²) in [6, 6.07) is 15.6. The third-order valence-electron chi connectivity index (χ3n) is 5.27. The number of para-hydroxylation sites is 1. The van der Waals surface area contributed by atoms with Crippen LogP contribution >= 0.6 is 0 Å². The molecule has 1 heterocycles. The van der Waals surface area contributed by atoms with Crippen LogP contribution in [0.1, 0.15) is 42.5 Å². The molecule has 0 aliphatic heterocycles. The van der Waals surface area contributed by atoms with Gasteiger partial charge in [0.25, 0.3) is 5.91 Å². The maximum Gasteiger partial charge on any atom is 0.250 e. The molecule has 0 saturated heterocycles. The van der Waals surface area contributed by atoms with E-state index in [9.17, 15) is 9.18 Å². The average molecular weight is 393 g/mol. The number of carbonyl (C=O) groups is 1. The summed E-state index contributed by atoms with van der Waals surface area (Å²) in [7, 11) is 0. The Hall–Kier alpha value is -3.28. The SMILES string of the molecule is NC(=O)c1ccc(-n2cccc2Oc2ccccc2F)cc1NC1CCCCC1. The molecule has 0 spiro atoms. The second kappa shape index (κ2) is 8.39. The molecule has 1 aromatic heterocycles. The Labute approximate surface area is 169 Å². The zero-order chi connectivity index (χ0) is 20.2. The molecular formula is C23H24FN3O2. The summed E-state index contributed by atoms with van der Waals surface area (Å²) in [5.41, 5.74) is 7.56. The zero-order valence-corrected chi connectivity index (χ0v) is 16.1. The van der Waals surface area contributed by atoms with E-state index in [4.69, 9.17) is 10.5 Å². The van der Waals surface area contributed by atoms with Crippen molar-refractivity contribution in [1.82, 2.24) is 4.57 Å². The number of halogens is 1. The standard InChI is InChI=1S/C23H24FN3O2/c24-19-9-4-5-10-21(19)29-22-11-6-14-27(22)17-12-13-18(23(25)28)20(15-17)26-16-7-2-1-3-8-16/h4-6,9-16,26H,1-3,7-8H2,(H2,25,28). The van der Waals surface area contributed by atoms with Gasteiger partial charge in [0, 0.05) is 24.0 Å². The molecule has 3 N–H and O–H groups in total. The highest BCUT2D eigenvalue weighted by atomic mass is 19.1. The van der Waals surface area contributed by atoms with Crippen LogP contribution in [0.4, 0.5) is 10.1 Å². The van der Waals surface area contributed by atoms with Gasteiger partial charge in [-0.1, -0.05) is 31.4 Å². The minimum absolute atomic E-state index is 0.154. The molecule has 3 aromatic rings. The number of hydrogen-bond donors (Lipinski definition) is 2. The smallest absolute Gasteiger partial charge is 0.250 e. The van der Waals surface area contributed by atoms with Gasteiger partial charge in [0.05, 0.1) is 11.3 Å². The van der Waals surface area contributed by atoms with Crippen LogP contribution in [0.15, 0.2) is 60.8 Å². The highest BCUT2D eigenvalue weighted by molar-refractivity contribution is 5.99. The minimum atomic E-state index is -0.467. The summed E-state index contributed by atoms with van der Waals surface area (Å²) in [5.74, 6) is -0.263. The number of aromatic nitrogens is 1. The Morgan fingerprint density at radius 1 is 1.07 bits per heavy atom. The van der Waals surface area contributed by atoms with Crippen molar-refractivity contribution in [2.75, 3.05) is 5.32 Å². The first kappa shape index (κ1) is 19.1. The van der Waals surface area contributed by atoms with E-state index in [0.717, 1.165) is 18.5 Å². The molecule has 4 rings (SSSR count). The molecule has 1 amide bonds. The number of anilines is 1. The lowest BCUT2D eigenvalue weighted by Crippen LogP contribution is -2.24. The fourth-order valence-corrected chi connectivity index (χ4v) is 3.79. The summed E-state index contributed by atoms with van der Waals surface area (Å²) < 4.78 is 21.6. The molecule has 0 atom stereocenters. The summed E-state index contributed by atoms with van der Waals surface area (Å²) in [4.78, 5) is 11.9. The van der Waals surface area contributed by atoms with Crippen LogP contribution in [0.5, 0.6) is 11.6 Å². The zero-order valence-electron chi connectivity index (χ0n) is 16.1. The minimum Gasteiger partial charge on any atom is -0.437 e. The Morgan fingerprint density at radius 3 is 2.62 bits per heavy atom. The number of nitrogens with zero attached hydrogens (tertiary/aromatic N) is 1. The molecule has 0 radical (unpaired) electrons. The number of nitrogens with one attached hydrogen (secondary N) is 1. The van der Waals surface area contributed by atoms with Gasteiger partial charge in [-0.2, -0.15) is 0 Å². The van der Waals surface area contributed by atoms with E-state index in [2.05, 4.69) is 5.32 Å². The summed E-state index contributed by atoms with van der Waals surface area (Å²) >= 11 is 0. The van der Waals surface area contributed by atoms with Crippen LogP contribution in [0.25, 0.3) is 5.69 Å². The molecule has 1 aliphatic rings. The number of hydrogen-bond acceptors (Lipinski definition) is 3. The van der Waals surface area contributed by atoms with Crippen molar-refractivity contribution in [2.24, 2.45) is 5.73 Å². The molecule has 6 heteroatoms. The number of ether oxygens (including phenoxy) is 1. The number of amides is 1. The second-order valence-corrected chi connectivity index (χ2v) is 7.32. The van der Waals surface area contributed by atoms with Gasteiger partial charge in [-0.25, -0.2) is 4.39 Å². The third kappa shape index (κ3) is 4.26. The predicted octanol–water partition coefficient (Wildman–Crippen LogP) is 5.25. The van der Waals surface area contributed by atoms with Crippen LogP contribution in [-0.2, 0) is 0 Å². The van der Waals surface area contributed by atoms with Gasteiger partial charge in [-0.3, -0.25) is 9.36 Å². The van der Waals surface area contributed by atoms with E-state index in [1.54, 1.807) is 36.4 Å². The predicted molar refractivity (Wildman–Crippen MR) is 111 cm³/mol. The van der Waals surface area contributed by atoms with Gasteiger partial charge in [-0.15, -0.1) is 0 Å². The number of rotatable bonds is 6. The Bertz CT molecular complexity index is 1010. The molecule has 0 unspecified atom stereocenters. The number of carbonyl (C=O) groups excluding carboxylic acids is 1. The van der Waals surface area contributed by atoms with E-state index in [0.29, 0.717) is 23.2 Å². The lowest BCUT2D eigenvalue weighted by atomic mass is 9.95. The molecule has 5 nitrogen and oxygen atoms in total. The Kier molecular flexibility index (Phi) is 5.51. The summed E-state index contributed by atoms with van der Waals surface area (Å²) in [6.45, 7) is 0. The van der Waals surface area contributed by atoms with E-state index in [-0.39, 0.29) is 5.75 Å². The highest BCUT2D eigenvalue weighted by Crippen LogP contribution is 2.30. The first-order valence-corrected chi connectivity index (χ1v) is 9.92. The van der Waals surface area contributed by atoms with Gasteiger partial charge in [0.1, 0.15) is 0 Å². The summed E-state index contributed by atoms with van der Waals surface area (Å²) in [5, 5.41) is 3.50. The Morgan fingerprint density at radius 2 is 1.86 bits per heavy atom. The van der Waals surface area contributed by atoms with E-state index >= 15 is 0 Å². The van der Waals surface area contributed by atoms with Crippen LogP contribution in [-0.4, -0.2) is 16.5 Å². The van der Waals surface area contributed by atoms with Crippen molar-refractivity contribution >= 4 is 11.6 Å². The van der Waals surface area contributed by atoms with E-state index in [1.165, 1.54) is 25.3 Å². The average Bonchev–Trinajstić information content (AvgIpc) is 3.18. The number of nitrogens with two attached hydrogens (primary N) is 1. The van der Waals surface area contributed by atoms with Gasteiger partial charge in [0.15, 0.2) is 11.6 Å². The van der Waals surface area contributed by atoms with Crippen molar-refractivity contribution in [3.8, 4) is 17.3 Å². The van der Waals surface area contributed by atoms with Crippen LogP contribution in [0.3, 0.4) is 0 Å². The topological polar surface area (TPSA) is 69.3 Å². The third-order valence-corrected chi connectivity index (χ3v) is 5.27. The molecule has 1 fully saturated rings. The molecule has 0 bridgehead atoms. The lowest BCUT2D eigenvalue weighted by molar-refractivity contribution is 0.100. The fourth-order valence-electron chi connectivity index (χ4n) is 3.79. The van der Waals surface area contributed by atoms with Crippen LogP contribution in [0, 0.1) is 5.82 Å². The molecule has 1 saturated carbocycles. The van der Waals surface area contributed by atoms with Crippen molar-refractivity contribution in [2.45, 2.75) is 38.1 Å². The second-order valence-electron chi connectivity index (χ2n) is 7.32. The van der Waals surface area contributed by atoms with Crippen LogP contribution in [0.2, 0.25) is 0 Å². The largest absolute Gasteiger partial charge is 0.437 e. The molecule has 150 valence electrons. The highest BCUT2D eigenvalue weighted by Gasteiger charge is 2.18. The quantitative estimate of drug-likeness (QED) is 0.601. The molecular weight excluding hydrogens is 369 g/mol. The van der Waals surface area contributed by atoms with Crippen molar-refractivity contribution < 1.29 is 13.9 Å². The maximum atomic E-state index is 14.0. The van der Waals surface area contributed by atoms with Gasteiger partial charge in [0.2, 0.25) is 5.88 Å². The van der Waals surface area contributed by atoms with E-state index in [1.807, 2.05) is 22.9 Å². The molecule has 29 heavy (non-hydrogen) atoms. The van der Waals surface area contributed by atoms with Gasteiger partial charge in [-0.05, 0) is 49.2 Å². The fraction of sp³-hybridized carbons (Fsp3) is 0.261. The van der Waals surface area contributed by atoms with Gasteiger partial charge >= 0.3 is 0 Å². The Balaban J connectivity index is 1.65. The monoisotopic (exact) mass is 393 g/mol. The molecule has 1 aliphatic carbocycles. The van der Waals surface area contributed by atoms with Gasteiger partial charge < -0.3 is 15.8 Å². The van der Waals surface area contributed by atoms with Crippen molar-refractivity contribution in [3.05, 3.63) is 72.2 Å². The van der Waals surface area contributed by atoms with E-state index < -0.39 is 11.7 Å². The first-order valence-electron chi connectivity index (χ1n) is 9.92. The van der Waals surface area contributed by atoms with Crippen molar-refractivity contribution in [3.63, 3.8) is 0 Å². The normalized spacial score (nSPS) is 14.5.